The van der Waals surface area contributed by atoms with Crippen molar-refractivity contribution >= 4 is 5.69 Å². The monoisotopic (exact) mass is 223 g/mol. The van der Waals surface area contributed by atoms with Crippen molar-refractivity contribution < 1.29 is 0 Å². The number of piperazine rings is 1. The van der Waals surface area contributed by atoms with Crippen molar-refractivity contribution in [3.05, 3.63) is 30.3 Å². The van der Waals surface area contributed by atoms with Gasteiger partial charge in [-0.15, -0.1) is 0 Å². The number of nitrogen functional groups attached to an aromatic ring is 1. The molecule has 92 valence electrons. The second-order valence-corrected chi connectivity index (χ2v) is 3.46. The molecule has 0 bridgehead atoms. The third-order valence-corrected chi connectivity index (χ3v) is 2.14. The molecule has 1 aromatic rings. The molecule has 0 atom stereocenters. The van der Waals surface area contributed by atoms with Crippen LogP contribution >= 0.6 is 0 Å². The molecule has 0 radical (unpaired) electrons. The molecule has 1 aliphatic rings. The van der Waals surface area contributed by atoms with E-state index in [0.29, 0.717) is 0 Å². The molecule has 1 saturated heterocycles. The Balaban J connectivity index is 0.000000244. The predicted molar refractivity (Wildman–Crippen MR) is 72.6 cm³/mol. The molecular formula is C13H25N3. The third-order valence-electron chi connectivity index (χ3n) is 2.14. The quantitative estimate of drug-likeness (QED) is 0.659. The van der Waals surface area contributed by atoms with Crippen molar-refractivity contribution in [3.8, 4) is 0 Å². The maximum absolute atomic E-state index is 5.36. The zero-order valence-corrected chi connectivity index (χ0v) is 10.7. The fourth-order valence-electron chi connectivity index (χ4n) is 1.23. The van der Waals surface area contributed by atoms with Crippen LogP contribution in [0.4, 0.5) is 5.69 Å². The van der Waals surface area contributed by atoms with E-state index in [-0.39, 0.29) is 0 Å². The molecule has 3 N–H and O–H groups in total. The SMILES string of the molecule is CC.CN1CCNCC1.Nc1ccccc1. The van der Waals surface area contributed by atoms with Crippen LogP contribution in [0.5, 0.6) is 0 Å². The van der Waals surface area contributed by atoms with E-state index in [1.165, 1.54) is 13.1 Å². The number of nitrogens with zero attached hydrogens (tertiary/aromatic N) is 1. The molecule has 2 rings (SSSR count). The molecule has 0 amide bonds. The van der Waals surface area contributed by atoms with E-state index in [0.717, 1.165) is 18.8 Å². The molecule has 3 nitrogen and oxygen atoms in total. The lowest BCUT2D eigenvalue weighted by Gasteiger charge is -2.21. The highest BCUT2D eigenvalue weighted by atomic mass is 15.2. The fourth-order valence-corrected chi connectivity index (χ4v) is 1.23. The predicted octanol–water partition coefficient (Wildman–Crippen LogP) is 1.82. The average Bonchev–Trinajstić information content (AvgIpc) is 2.34. The maximum atomic E-state index is 5.36. The highest BCUT2D eigenvalue weighted by Gasteiger charge is 2.01. The summed E-state index contributed by atoms with van der Waals surface area (Å²) in [6, 6.07) is 9.49. The van der Waals surface area contributed by atoms with Crippen molar-refractivity contribution in [2.45, 2.75) is 13.8 Å². The zero-order valence-electron chi connectivity index (χ0n) is 10.7. The van der Waals surface area contributed by atoms with Crippen LogP contribution in [-0.2, 0) is 0 Å². The lowest BCUT2D eigenvalue weighted by atomic mass is 10.3. The van der Waals surface area contributed by atoms with Gasteiger partial charge < -0.3 is 16.0 Å². The number of likely N-dealkylation sites (N-methyl/N-ethyl adjacent to an activating group) is 1. The molecule has 0 saturated carbocycles. The van der Waals surface area contributed by atoms with Gasteiger partial charge in [0.15, 0.2) is 0 Å². The number of hydrogen-bond donors (Lipinski definition) is 2. The van der Waals surface area contributed by atoms with E-state index < -0.39 is 0 Å². The van der Waals surface area contributed by atoms with Crippen LogP contribution in [0, 0.1) is 0 Å². The first kappa shape index (κ1) is 14.9. The molecule has 1 aromatic carbocycles. The van der Waals surface area contributed by atoms with Gasteiger partial charge in [-0.1, -0.05) is 32.0 Å². The van der Waals surface area contributed by atoms with Crippen LogP contribution in [0.2, 0.25) is 0 Å². The zero-order chi connectivity index (χ0) is 12.2. The molecule has 1 fully saturated rings. The number of benzene rings is 1. The van der Waals surface area contributed by atoms with Gasteiger partial charge in [-0.25, -0.2) is 0 Å². The molecule has 0 aromatic heterocycles. The Labute approximate surface area is 99.6 Å². The molecule has 0 spiro atoms. The summed E-state index contributed by atoms with van der Waals surface area (Å²) in [4.78, 5) is 2.33. The lowest BCUT2D eigenvalue weighted by molar-refractivity contribution is 0.291. The number of rotatable bonds is 0. The smallest absolute Gasteiger partial charge is 0.0313 e. The summed E-state index contributed by atoms with van der Waals surface area (Å²) in [7, 11) is 2.15. The topological polar surface area (TPSA) is 41.3 Å². The summed E-state index contributed by atoms with van der Waals surface area (Å²) in [6.45, 7) is 8.74. The normalized spacial score (nSPS) is 15.2. The summed E-state index contributed by atoms with van der Waals surface area (Å²) in [5.41, 5.74) is 6.18. The van der Waals surface area contributed by atoms with E-state index in [1.54, 1.807) is 0 Å². The van der Waals surface area contributed by atoms with Gasteiger partial charge in [0.2, 0.25) is 0 Å². The van der Waals surface area contributed by atoms with Crippen molar-refractivity contribution in [2.24, 2.45) is 0 Å². The molecule has 1 heterocycles. The number of hydrogen-bond acceptors (Lipinski definition) is 3. The van der Waals surface area contributed by atoms with Crippen LogP contribution < -0.4 is 11.1 Å². The summed E-state index contributed by atoms with van der Waals surface area (Å²) < 4.78 is 0. The maximum Gasteiger partial charge on any atom is 0.0313 e. The van der Waals surface area contributed by atoms with Crippen LogP contribution in [0.3, 0.4) is 0 Å². The van der Waals surface area contributed by atoms with Crippen LogP contribution in [0.1, 0.15) is 13.8 Å². The highest BCUT2D eigenvalue weighted by Crippen LogP contribution is 1.95. The highest BCUT2D eigenvalue weighted by molar-refractivity contribution is 5.35. The van der Waals surface area contributed by atoms with Crippen LogP contribution in [0.25, 0.3) is 0 Å². The molecular weight excluding hydrogens is 198 g/mol. The Bertz CT molecular complexity index is 230. The number of nitrogens with two attached hydrogens (primary N) is 1. The second-order valence-electron chi connectivity index (χ2n) is 3.46. The van der Waals surface area contributed by atoms with E-state index in [1.807, 2.05) is 44.2 Å². The number of nitrogens with one attached hydrogen (secondary N) is 1. The second kappa shape index (κ2) is 10.5. The number of para-hydroxylation sites is 1. The minimum Gasteiger partial charge on any atom is -0.399 e. The number of anilines is 1. The van der Waals surface area contributed by atoms with E-state index in [2.05, 4.69) is 17.3 Å². The Morgan fingerprint density at radius 1 is 1.06 bits per heavy atom. The first-order valence-electron chi connectivity index (χ1n) is 5.99. The molecule has 16 heavy (non-hydrogen) atoms. The first-order valence-corrected chi connectivity index (χ1v) is 5.99. The van der Waals surface area contributed by atoms with Crippen molar-refractivity contribution in [1.29, 1.82) is 0 Å². The summed E-state index contributed by atoms with van der Waals surface area (Å²) >= 11 is 0. The van der Waals surface area contributed by atoms with Gasteiger partial charge in [-0.3, -0.25) is 0 Å². The van der Waals surface area contributed by atoms with Gasteiger partial charge >= 0.3 is 0 Å². The summed E-state index contributed by atoms with van der Waals surface area (Å²) in [5, 5.41) is 3.27. The van der Waals surface area contributed by atoms with E-state index >= 15 is 0 Å². The fraction of sp³-hybridized carbons (Fsp3) is 0.538. The van der Waals surface area contributed by atoms with Gasteiger partial charge in [0.25, 0.3) is 0 Å². The Kier molecular flexibility index (Phi) is 9.76. The van der Waals surface area contributed by atoms with E-state index in [9.17, 15) is 0 Å². The summed E-state index contributed by atoms with van der Waals surface area (Å²) in [6.07, 6.45) is 0. The van der Waals surface area contributed by atoms with Gasteiger partial charge in [0.1, 0.15) is 0 Å². The largest absolute Gasteiger partial charge is 0.399 e. The average molecular weight is 223 g/mol. The molecule has 1 aliphatic heterocycles. The minimum absolute atomic E-state index is 0.822. The van der Waals surface area contributed by atoms with Crippen LogP contribution in [-0.4, -0.2) is 38.1 Å². The van der Waals surface area contributed by atoms with Crippen molar-refractivity contribution in [3.63, 3.8) is 0 Å². The van der Waals surface area contributed by atoms with Gasteiger partial charge in [0, 0.05) is 31.9 Å². The Morgan fingerprint density at radius 2 is 1.56 bits per heavy atom. The Hall–Kier alpha value is -1.06. The first-order chi connectivity index (χ1) is 7.79. The molecule has 0 unspecified atom stereocenters. The molecule has 3 heteroatoms. The van der Waals surface area contributed by atoms with Gasteiger partial charge in [-0.05, 0) is 19.2 Å². The van der Waals surface area contributed by atoms with Gasteiger partial charge in [0.05, 0.1) is 0 Å². The lowest BCUT2D eigenvalue weighted by Crippen LogP contribution is -2.40. The molecule has 0 aliphatic carbocycles. The standard InChI is InChI=1S/C6H7N.C5H12N2.C2H6/c7-6-4-2-1-3-5-6;1-7-4-2-6-3-5-7;1-2/h1-5H,7H2;6H,2-5H2,1H3;1-2H3. The summed E-state index contributed by atoms with van der Waals surface area (Å²) in [5.74, 6) is 0. The van der Waals surface area contributed by atoms with E-state index in [4.69, 9.17) is 5.73 Å². The van der Waals surface area contributed by atoms with Crippen LogP contribution in [0.15, 0.2) is 30.3 Å². The minimum atomic E-state index is 0.822. The third kappa shape index (κ3) is 8.26. The Morgan fingerprint density at radius 3 is 1.81 bits per heavy atom. The van der Waals surface area contributed by atoms with Gasteiger partial charge in [-0.2, -0.15) is 0 Å². The van der Waals surface area contributed by atoms with Crippen molar-refractivity contribution in [2.75, 3.05) is 39.0 Å². The van der Waals surface area contributed by atoms with Crippen molar-refractivity contribution in [1.82, 2.24) is 10.2 Å².